The van der Waals surface area contributed by atoms with Crippen LogP contribution in [0.5, 0.6) is 0 Å². The lowest BCUT2D eigenvalue weighted by molar-refractivity contribution is 0.341. The Balaban J connectivity index is 3.42. The van der Waals surface area contributed by atoms with E-state index >= 15 is 0 Å². The summed E-state index contributed by atoms with van der Waals surface area (Å²) in [6, 6.07) is 2.37. The van der Waals surface area contributed by atoms with Crippen LogP contribution < -0.4 is 4.72 Å². The fourth-order valence-electron chi connectivity index (χ4n) is 1.51. The van der Waals surface area contributed by atoms with Crippen molar-refractivity contribution in [2.75, 3.05) is 7.11 Å². The third-order valence-corrected chi connectivity index (χ3v) is 4.59. The molecule has 0 amide bonds. The van der Waals surface area contributed by atoms with Crippen LogP contribution >= 0.6 is 15.9 Å². The van der Waals surface area contributed by atoms with E-state index in [4.69, 9.17) is 4.74 Å². The molecule has 0 unspecified atom stereocenters. The first kappa shape index (κ1) is 17.1. The average Bonchev–Trinajstić information content (AvgIpc) is 2.26. The molecule has 0 aromatic heterocycles. The van der Waals surface area contributed by atoms with E-state index in [1.165, 1.54) is 25.5 Å². The zero-order chi connectivity index (χ0) is 15.6. The van der Waals surface area contributed by atoms with Gasteiger partial charge in [-0.1, -0.05) is 0 Å². The quantitative estimate of drug-likeness (QED) is 0.832. The second-order valence-corrected chi connectivity index (χ2v) is 7.70. The number of methoxy groups -OCH3 is 1. The lowest BCUT2D eigenvalue weighted by Gasteiger charge is -2.21. The number of ether oxygens (including phenoxy) is 1. The van der Waals surface area contributed by atoms with E-state index in [1.807, 2.05) is 0 Å². The van der Waals surface area contributed by atoms with Gasteiger partial charge in [0.15, 0.2) is 0 Å². The van der Waals surface area contributed by atoms with Gasteiger partial charge in [0.1, 0.15) is 5.82 Å². The summed E-state index contributed by atoms with van der Waals surface area (Å²) in [6.07, 6.45) is 2.69. The van der Waals surface area contributed by atoms with Crippen molar-refractivity contribution < 1.29 is 17.5 Å². The summed E-state index contributed by atoms with van der Waals surface area (Å²) in [7, 11) is -2.35. The first-order chi connectivity index (χ1) is 9.07. The normalized spacial score (nSPS) is 12.9. The van der Waals surface area contributed by atoms with Crippen LogP contribution in [0.3, 0.4) is 0 Å². The molecule has 0 aliphatic heterocycles. The molecule has 0 heterocycles. The lowest BCUT2D eigenvalue weighted by atomic mass is 10.1. The predicted molar refractivity (Wildman–Crippen MR) is 80.2 cm³/mol. The van der Waals surface area contributed by atoms with Crippen LogP contribution in [0.4, 0.5) is 4.39 Å². The molecule has 20 heavy (non-hydrogen) atoms. The highest BCUT2D eigenvalue weighted by atomic mass is 79.9. The minimum Gasteiger partial charge on any atom is -0.504 e. The van der Waals surface area contributed by atoms with Crippen molar-refractivity contribution in [2.45, 2.75) is 31.2 Å². The van der Waals surface area contributed by atoms with Gasteiger partial charge in [-0.3, -0.25) is 0 Å². The Kier molecular flexibility index (Phi) is 5.34. The summed E-state index contributed by atoms with van der Waals surface area (Å²) < 4.78 is 45.7. The molecule has 0 saturated heterocycles. The molecule has 112 valence electrons. The van der Waals surface area contributed by atoms with E-state index in [1.54, 1.807) is 20.8 Å². The zero-order valence-corrected chi connectivity index (χ0v) is 14.1. The first-order valence-corrected chi connectivity index (χ1v) is 8.07. The molecule has 1 aromatic carbocycles. The van der Waals surface area contributed by atoms with E-state index in [9.17, 15) is 12.8 Å². The molecule has 0 fully saturated rings. The molecule has 4 nitrogen and oxygen atoms in total. The van der Waals surface area contributed by atoms with E-state index in [-0.39, 0.29) is 14.9 Å². The molecule has 1 N–H and O–H groups in total. The molecule has 1 rings (SSSR count). The highest BCUT2D eigenvalue weighted by Crippen LogP contribution is 2.26. The highest BCUT2D eigenvalue weighted by molar-refractivity contribution is 9.10. The van der Waals surface area contributed by atoms with E-state index in [2.05, 4.69) is 20.7 Å². The molecule has 0 saturated carbocycles. The number of sulfonamides is 1. The van der Waals surface area contributed by atoms with Crippen molar-refractivity contribution in [1.82, 2.24) is 4.72 Å². The van der Waals surface area contributed by atoms with Gasteiger partial charge in [0.05, 0.1) is 22.7 Å². The van der Waals surface area contributed by atoms with Crippen molar-refractivity contribution in [3.8, 4) is 0 Å². The second-order valence-electron chi connectivity index (χ2n) is 5.20. The van der Waals surface area contributed by atoms with Crippen LogP contribution in [0.2, 0.25) is 0 Å². The molecule has 0 aliphatic carbocycles. The molecule has 0 aliphatic rings. The lowest BCUT2D eigenvalue weighted by Crippen LogP contribution is -2.40. The van der Waals surface area contributed by atoms with Gasteiger partial charge >= 0.3 is 0 Å². The van der Waals surface area contributed by atoms with Crippen LogP contribution in [0, 0.1) is 5.82 Å². The Labute approximate surface area is 127 Å². The number of nitrogens with one attached hydrogen (secondary N) is 1. The van der Waals surface area contributed by atoms with Crippen molar-refractivity contribution in [2.24, 2.45) is 0 Å². The molecule has 0 bridgehead atoms. The number of benzene rings is 1. The maximum Gasteiger partial charge on any atom is 0.241 e. The summed E-state index contributed by atoms with van der Waals surface area (Å²) >= 11 is 3.00. The Bertz CT molecular complexity index is 621. The van der Waals surface area contributed by atoms with E-state index in [0.717, 1.165) is 6.07 Å². The highest BCUT2D eigenvalue weighted by Gasteiger charge is 2.25. The Morgan fingerprint density at radius 2 is 1.95 bits per heavy atom. The standard InChI is InChI=1S/C13H17BrFNO3S/c1-13(2,3)16-20(17,18)12-8-10(14)11(15)7-9(12)5-6-19-4/h5-8,16H,1-4H3. The molecular formula is C13H17BrFNO3S. The molecular weight excluding hydrogens is 349 g/mol. The number of halogens is 2. The third-order valence-electron chi connectivity index (χ3n) is 2.17. The van der Waals surface area contributed by atoms with Gasteiger partial charge in [-0.25, -0.2) is 17.5 Å². The number of rotatable bonds is 4. The summed E-state index contributed by atoms with van der Waals surface area (Å²) in [4.78, 5) is -0.0194. The van der Waals surface area contributed by atoms with Crippen LogP contribution in [0.15, 0.2) is 27.8 Å². The summed E-state index contributed by atoms with van der Waals surface area (Å²) in [6.45, 7) is 5.19. The SMILES string of the molecule is COC=Cc1cc(F)c(Br)cc1S(=O)(=O)NC(C)(C)C. The summed E-state index contributed by atoms with van der Waals surface area (Å²) in [5.41, 5.74) is -0.425. The maximum absolute atomic E-state index is 13.6. The fraction of sp³-hybridized carbons (Fsp3) is 0.385. The third kappa shape index (κ3) is 4.57. The summed E-state index contributed by atoms with van der Waals surface area (Å²) in [5.74, 6) is -0.546. The van der Waals surface area contributed by atoms with Gasteiger partial charge in [-0.05, 0) is 54.9 Å². The average molecular weight is 366 g/mol. The largest absolute Gasteiger partial charge is 0.504 e. The number of hydrogen-bond donors (Lipinski definition) is 1. The van der Waals surface area contributed by atoms with Crippen LogP contribution in [0.25, 0.3) is 6.08 Å². The fourth-order valence-corrected chi connectivity index (χ4v) is 3.63. The first-order valence-electron chi connectivity index (χ1n) is 5.79. The smallest absolute Gasteiger partial charge is 0.241 e. The van der Waals surface area contributed by atoms with Gasteiger partial charge in [0, 0.05) is 11.1 Å². The zero-order valence-electron chi connectivity index (χ0n) is 11.7. The van der Waals surface area contributed by atoms with Crippen molar-refractivity contribution in [3.05, 3.63) is 34.2 Å². The minimum absolute atomic E-state index is 0.0194. The Hall–Kier alpha value is -0.920. The molecule has 0 spiro atoms. The van der Waals surface area contributed by atoms with Gasteiger partial charge in [0.2, 0.25) is 10.0 Å². The van der Waals surface area contributed by atoms with Crippen LogP contribution in [-0.2, 0) is 14.8 Å². The van der Waals surface area contributed by atoms with Gasteiger partial charge in [-0.2, -0.15) is 0 Å². The Morgan fingerprint density at radius 1 is 1.35 bits per heavy atom. The van der Waals surface area contributed by atoms with Gasteiger partial charge in [-0.15, -0.1) is 0 Å². The van der Waals surface area contributed by atoms with Crippen molar-refractivity contribution >= 4 is 32.0 Å². The van der Waals surface area contributed by atoms with E-state index in [0.29, 0.717) is 0 Å². The monoisotopic (exact) mass is 365 g/mol. The van der Waals surface area contributed by atoms with Crippen LogP contribution in [-0.4, -0.2) is 21.1 Å². The van der Waals surface area contributed by atoms with E-state index < -0.39 is 21.4 Å². The molecule has 0 radical (unpaired) electrons. The van der Waals surface area contributed by atoms with Crippen molar-refractivity contribution in [1.29, 1.82) is 0 Å². The maximum atomic E-state index is 13.6. The topological polar surface area (TPSA) is 55.4 Å². The molecule has 1 aromatic rings. The second kappa shape index (κ2) is 6.24. The molecule has 0 atom stereocenters. The van der Waals surface area contributed by atoms with Crippen LogP contribution in [0.1, 0.15) is 26.3 Å². The van der Waals surface area contributed by atoms with Gasteiger partial charge in [0.25, 0.3) is 0 Å². The van der Waals surface area contributed by atoms with Gasteiger partial charge < -0.3 is 4.74 Å². The Morgan fingerprint density at radius 3 is 2.45 bits per heavy atom. The van der Waals surface area contributed by atoms with Crippen molar-refractivity contribution in [3.63, 3.8) is 0 Å². The minimum atomic E-state index is -3.77. The summed E-state index contributed by atoms with van der Waals surface area (Å²) in [5, 5.41) is 0. The molecule has 7 heteroatoms. The number of hydrogen-bond acceptors (Lipinski definition) is 3. The predicted octanol–water partition coefficient (Wildman–Crippen LogP) is 3.28.